The van der Waals surface area contributed by atoms with Crippen LogP contribution in [0, 0.1) is 70.0 Å². The van der Waals surface area contributed by atoms with Crippen molar-refractivity contribution in [3.05, 3.63) is 45.6 Å². The second-order valence-corrected chi connectivity index (χ2v) is 29.4. The molecule has 4 aliphatic heterocycles. The summed E-state index contributed by atoms with van der Waals surface area (Å²) in [5, 5.41) is 22.6. The molecule has 13 heteroatoms. The fourth-order valence-corrected chi connectivity index (χ4v) is 21.1. The average molecular weight is 1120 g/mol. The predicted octanol–water partition coefficient (Wildman–Crippen LogP) is 12.0. The molecule has 0 aromatic rings. The largest absolute Gasteiger partial charge is 0.471 e. The van der Waals surface area contributed by atoms with Crippen LogP contribution in [0.5, 0.6) is 0 Å². The number of ether oxygens (including phenoxy) is 2. The van der Waals surface area contributed by atoms with Crippen LogP contribution in [0.15, 0.2) is 45.6 Å². The topological polar surface area (TPSA) is 138 Å². The molecule has 1 amide bonds. The second kappa shape index (κ2) is 22.8. The second-order valence-electron chi connectivity index (χ2n) is 29.4. The van der Waals surface area contributed by atoms with E-state index in [2.05, 4.69) is 77.3 Å². The van der Waals surface area contributed by atoms with Gasteiger partial charge in [-0.1, -0.05) is 82.4 Å². The van der Waals surface area contributed by atoms with Crippen LogP contribution in [0.2, 0.25) is 0 Å². The van der Waals surface area contributed by atoms with E-state index in [0.29, 0.717) is 97.1 Å². The van der Waals surface area contributed by atoms with Crippen molar-refractivity contribution in [3.63, 3.8) is 0 Å². The Hall–Kier alpha value is -2.39. The highest BCUT2D eigenvalue weighted by molar-refractivity contribution is 5.81. The van der Waals surface area contributed by atoms with Crippen LogP contribution < -0.4 is 11.1 Å². The molecule has 12 rings (SSSR count). The molecular formula is C67H103F3N4O6. The summed E-state index contributed by atoms with van der Waals surface area (Å²) in [4.78, 5) is 28.9. The van der Waals surface area contributed by atoms with E-state index in [9.17, 15) is 33.0 Å². The van der Waals surface area contributed by atoms with Crippen LogP contribution >= 0.6 is 0 Å². The molecule has 2 spiro atoms. The van der Waals surface area contributed by atoms with Crippen molar-refractivity contribution in [1.82, 2.24) is 15.1 Å². The molecule has 10 nitrogen and oxygen atoms in total. The summed E-state index contributed by atoms with van der Waals surface area (Å²) >= 11 is 0. The van der Waals surface area contributed by atoms with Gasteiger partial charge in [0.2, 0.25) is 0 Å². The van der Waals surface area contributed by atoms with E-state index in [4.69, 9.17) is 15.2 Å². The Morgan fingerprint density at radius 2 is 1.15 bits per heavy atom. The van der Waals surface area contributed by atoms with Gasteiger partial charge in [-0.3, -0.25) is 19.4 Å². The minimum absolute atomic E-state index is 0.0233. The Bertz CT molecular complexity index is 2460. The zero-order chi connectivity index (χ0) is 56.8. The molecule has 0 bridgehead atoms. The number of hydrogen-bond donors (Lipinski definition) is 4. The van der Waals surface area contributed by atoms with Crippen molar-refractivity contribution in [2.75, 3.05) is 39.3 Å². The number of piperidine rings is 2. The molecule has 448 valence electrons. The molecule has 20 atom stereocenters. The number of ketones is 1. The number of halogens is 3. The van der Waals surface area contributed by atoms with Crippen molar-refractivity contribution in [3.8, 4) is 0 Å². The number of fused-ring (bicyclic) bond motifs is 12. The number of carbonyl (C=O) groups is 2. The van der Waals surface area contributed by atoms with E-state index in [0.717, 1.165) is 108 Å². The number of allylic oxidation sites excluding steroid dienone is 4. The lowest BCUT2D eigenvalue weighted by atomic mass is 9.56. The zero-order valence-electron chi connectivity index (χ0n) is 50.3. The molecule has 5 N–H and O–H groups in total. The predicted molar refractivity (Wildman–Crippen MR) is 308 cm³/mol. The molecule has 4 saturated heterocycles. The highest BCUT2D eigenvalue weighted by Crippen LogP contribution is 2.67. The number of nitrogens with one attached hydrogen (secondary N) is 1. The van der Waals surface area contributed by atoms with Crippen molar-refractivity contribution in [2.45, 2.75) is 251 Å². The van der Waals surface area contributed by atoms with Crippen molar-refractivity contribution in [1.29, 1.82) is 0 Å². The Morgan fingerprint density at radius 1 is 0.675 bits per heavy atom. The number of hydrogen-bond acceptors (Lipinski definition) is 9. The van der Waals surface area contributed by atoms with Crippen LogP contribution in [0.4, 0.5) is 13.2 Å². The Labute approximate surface area is 478 Å². The van der Waals surface area contributed by atoms with Crippen LogP contribution in [0.3, 0.4) is 0 Å². The van der Waals surface area contributed by atoms with Gasteiger partial charge in [0.05, 0.1) is 35.6 Å². The molecule has 0 unspecified atom stereocenters. The normalized spacial score (nSPS) is 44.9. The number of likely N-dealkylation sites (tertiary alicyclic amines) is 2. The van der Waals surface area contributed by atoms with Crippen molar-refractivity contribution < 1.29 is 42.4 Å². The number of nitrogens with two attached hydrogens (primary N) is 1. The van der Waals surface area contributed by atoms with Gasteiger partial charge in [0.1, 0.15) is 5.78 Å². The molecule has 4 saturated carbocycles. The van der Waals surface area contributed by atoms with Gasteiger partial charge in [0.15, 0.2) is 0 Å². The van der Waals surface area contributed by atoms with Gasteiger partial charge in [-0.05, 0) is 212 Å². The van der Waals surface area contributed by atoms with Crippen LogP contribution in [-0.2, 0) is 19.1 Å². The zero-order valence-corrected chi connectivity index (χ0v) is 50.3. The first-order chi connectivity index (χ1) is 38.0. The minimum Gasteiger partial charge on any atom is -0.393 e. The SMILES string of the molecule is CC1=C2C[C@H]3[C@@H](CC=C4C[C@@H](O)CC[C@@]43C)[C@@H]2CC[C@]12O[C@@H]1C[C@H](C)CN(CCCC(=O)CCCCCNC(=O)C(F)(F)F)[C@H]1[C@H]2C.CC1=C2C[C@H]3[C@@H](CC=C4C[C@@H](O)CC[C@@]43C)[C@@H]2CC[C@]12O[C@@H]1C[C@H](C)CN(CCN)[C@H]1[C@H]2C. The molecule has 0 aromatic heterocycles. The van der Waals surface area contributed by atoms with E-state index in [1.807, 2.05) is 5.32 Å². The Kier molecular flexibility index (Phi) is 16.9. The van der Waals surface area contributed by atoms with Gasteiger partial charge in [-0.2, -0.15) is 13.2 Å². The number of unbranched alkanes of at least 4 members (excludes halogenated alkanes) is 2. The maximum Gasteiger partial charge on any atom is 0.471 e. The van der Waals surface area contributed by atoms with Gasteiger partial charge in [-0.25, -0.2) is 0 Å². The Morgan fingerprint density at radius 3 is 1.62 bits per heavy atom. The first-order valence-electron chi connectivity index (χ1n) is 32.6. The molecule has 8 fully saturated rings. The molecule has 12 aliphatic rings. The van der Waals surface area contributed by atoms with E-state index in [1.54, 1.807) is 22.3 Å². The number of nitrogens with zero attached hydrogens (tertiary/aromatic N) is 2. The van der Waals surface area contributed by atoms with E-state index < -0.39 is 12.1 Å². The third-order valence-corrected chi connectivity index (χ3v) is 25.2. The summed E-state index contributed by atoms with van der Waals surface area (Å²) in [7, 11) is 0. The molecule has 80 heavy (non-hydrogen) atoms. The summed E-state index contributed by atoms with van der Waals surface area (Å²) < 4.78 is 51.3. The smallest absolute Gasteiger partial charge is 0.393 e. The molecular weight excluding hydrogens is 1010 g/mol. The van der Waals surface area contributed by atoms with Gasteiger partial charge in [-0.15, -0.1) is 0 Å². The quantitative estimate of drug-likeness (QED) is 0.111. The summed E-state index contributed by atoms with van der Waals surface area (Å²) in [5.74, 6) is 4.79. The first-order valence-corrected chi connectivity index (χ1v) is 32.6. The third kappa shape index (κ3) is 10.4. The molecule has 0 radical (unpaired) electrons. The van der Waals surface area contributed by atoms with Crippen molar-refractivity contribution >= 4 is 11.7 Å². The van der Waals surface area contributed by atoms with Gasteiger partial charge >= 0.3 is 12.1 Å². The number of rotatable bonds is 12. The third-order valence-electron chi connectivity index (χ3n) is 25.2. The number of carbonyl (C=O) groups excluding carboxylic acids is 2. The molecule has 0 aromatic carbocycles. The lowest BCUT2D eigenvalue weighted by molar-refractivity contribution is -0.173. The van der Waals surface area contributed by atoms with Crippen LogP contribution in [-0.4, -0.2) is 125 Å². The van der Waals surface area contributed by atoms with Crippen LogP contribution in [0.25, 0.3) is 0 Å². The monoisotopic (exact) mass is 1120 g/mol. The maximum atomic E-state index is 12.7. The van der Waals surface area contributed by atoms with E-state index >= 15 is 0 Å². The molecule has 4 heterocycles. The van der Waals surface area contributed by atoms with Gasteiger partial charge in [0.25, 0.3) is 0 Å². The van der Waals surface area contributed by atoms with Crippen molar-refractivity contribution in [2.24, 2.45) is 75.7 Å². The van der Waals surface area contributed by atoms with Crippen LogP contribution in [0.1, 0.15) is 197 Å². The number of Topliss-reactive ketones (excluding diaryl/α,β-unsaturated/α-hetero) is 1. The fourth-order valence-electron chi connectivity index (χ4n) is 21.1. The van der Waals surface area contributed by atoms with Gasteiger partial charge in [0, 0.05) is 69.5 Å². The highest BCUT2D eigenvalue weighted by atomic mass is 19.4. The fraction of sp³-hybridized carbons (Fsp3) is 0.851. The first kappa shape index (κ1) is 59.3. The molecule has 8 aliphatic carbocycles. The summed E-state index contributed by atoms with van der Waals surface area (Å²) in [6.07, 6.45) is 21.7. The van der Waals surface area contributed by atoms with Gasteiger partial charge < -0.3 is 30.7 Å². The summed E-state index contributed by atoms with van der Waals surface area (Å²) in [6, 6.07) is 0.876. The lowest BCUT2D eigenvalue weighted by Gasteiger charge is -2.49. The summed E-state index contributed by atoms with van der Waals surface area (Å²) in [5.41, 5.74) is 15.9. The minimum atomic E-state index is -4.85. The number of aliphatic hydroxyl groups is 2. The lowest BCUT2D eigenvalue weighted by Crippen LogP contribution is -2.53. The number of amides is 1. The number of aliphatic hydroxyl groups excluding tert-OH is 2. The van der Waals surface area contributed by atoms with E-state index in [1.165, 1.54) is 62.6 Å². The highest BCUT2D eigenvalue weighted by Gasteiger charge is 2.64. The average Bonchev–Trinajstić information content (AvgIpc) is 4.36. The standard InChI is InChI=1S/C38H57F3N2O4.C29H46N2O2/c1-23-19-33-34(43(22-23)18-8-10-27(44)9-6-5-7-17-42-35(46)38(39,40)41)25(3)37(47-33)16-14-29-30-12-11-26-20-28(45)13-15-36(26,4)32(30)21-31(29)24(37)2;1-17-13-26-27(31(16-17)12-11-30)19(3)29(33-26)10-8-22-23-6-5-20-14-21(32)7-9-28(20,4)25(23)15-24(22)18(29)2/h11,23,25,28-30,32-34,45H,5-10,12-22H2,1-4H3,(H,42,46);5,17,19,21-23,25-27,32H,6-16,30H2,1-4H3/t23-,25+,28-,29-,30-,32-,33+,34-,36-,37-;17-,19+,21-,22-,23-,25-,26+,27-,28-,29-/m00/s1. The van der Waals surface area contributed by atoms with E-state index in [-0.39, 0.29) is 47.3 Å². The Balaban J connectivity index is 0.000000179. The number of alkyl halides is 3. The maximum absolute atomic E-state index is 12.7. The summed E-state index contributed by atoms with van der Waals surface area (Å²) in [6.45, 7) is 24.3.